The highest BCUT2D eigenvalue weighted by Crippen LogP contribution is 2.22. The summed E-state index contributed by atoms with van der Waals surface area (Å²) < 4.78 is 0. The van der Waals surface area contributed by atoms with E-state index in [1.54, 1.807) is 24.8 Å². The quantitative estimate of drug-likeness (QED) is 0.446. The summed E-state index contributed by atoms with van der Waals surface area (Å²) >= 11 is 0. The van der Waals surface area contributed by atoms with Crippen molar-refractivity contribution in [1.29, 1.82) is 0 Å². The van der Waals surface area contributed by atoms with Gasteiger partial charge in [-0.15, -0.1) is 0 Å². The fraction of sp³-hybridized carbons (Fsp3) is 0. The normalized spacial score (nSPS) is 9.69. The fourth-order valence-electron chi connectivity index (χ4n) is 2.70. The van der Waals surface area contributed by atoms with E-state index in [1.165, 1.54) is 0 Å². The minimum atomic E-state index is 0.892. The number of benzene rings is 2. The van der Waals surface area contributed by atoms with Gasteiger partial charge in [-0.2, -0.15) is 0 Å². The molecule has 0 aliphatic heterocycles. The van der Waals surface area contributed by atoms with Gasteiger partial charge in [-0.1, -0.05) is 47.9 Å². The second-order valence-corrected chi connectivity index (χ2v) is 5.69. The second-order valence-electron chi connectivity index (χ2n) is 5.69. The van der Waals surface area contributed by atoms with Crippen LogP contribution < -0.4 is 0 Å². The maximum absolute atomic E-state index is 4.11. The molecule has 0 aliphatic carbocycles. The van der Waals surface area contributed by atoms with Crippen molar-refractivity contribution in [1.82, 2.24) is 9.97 Å². The van der Waals surface area contributed by atoms with Crippen molar-refractivity contribution >= 4 is 10.8 Å². The third-order valence-corrected chi connectivity index (χ3v) is 3.91. The number of nitrogens with zero attached hydrogens (tertiary/aromatic N) is 2. The minimum Gasteiger partial charge on any atom is -0.263 e. The summed E-state index contributed by atoms with van der Waals surface area (Å²) in [6.45, 7) is 0. The van der Waals surface area contributed by atoms with Crippen LogP contribution in [0.5, 0.6) is 0 Å². The van der Waals surface area contributed by atoms with Crippen molar-refractivity contribution in [3.63, 3.8) is 0 Å². The van der Waals surface area contributed by atoms with Crippen LogP contribution in [0.4, 0.5) is 0 Å². The Morgan fingerprint density at radius 1 is 0.538 bits per heavy atom. The van der Waals surface area contributed by atoms with Gasteiger partial charge in [0.1, 0.15) is 0 Å². The van der Waals surface area contributed by atoms with Gasteiger partial charge >= 0.3 is 0 Å². The molecule has 0 atom stereocenters. The molecule has 2 heterocycles. The lowest BCUT2D eigenvalue weighted by Gasteiger charge is -2.03. The Morgan fingerprint density at radius 2 is 1.08 bits per heavy atom. The van der Waals surface area contributed by atoms with Crippen molar-refractivity contribution in [2.45, 2.75) is 0 Å². The van der Waals surface area contributed by atoms with Crippen molar-refractivity contribution in [3.05, 3.63) is 108 Å². The molecule has 4 aromatic rings. The smallest absolute Gasteiger partial charge is 0.0432 e. The van der Waals surface area contributed by atoms with Crippen molar-refractivity contribution in [2.24, 2.45) is 0 Å². The zero-order chi connectivity index (χ0) is 17.6. The standard InChI is InChI=1S/C24H14N2/c1-7-21-8-2-10-23(14-12-20-6-4-16-26-18-20)24(21)22(9-1)13-11-19-5-3-15-25-17-19/h1-10,15-18H. The van der Waals surface area contributed by atoms with E-state index in [4.69, 9.17) is 0 Å². The summed E-state index contributed by atoms with van der Waals surface area (Å²) in [5.74, 6) is 12.9. The highest BCUT2D eigenvalue weighted by Gasteiger charge is 2.03. The van der Waals surface area contributed by atoms with Gasteiger partial charge in [-0.25, -0.2) is 0 Å². The topological polar surface area (TPSA) is 25.8 Å². The van der Waals surface area contributed by atoms with Crippen molar-refractivity contribution in [2.75, 3.05) is 0 Å². The lowest BCUT2D eigenvalue weighted by Crippen LogP contribution is -1.86. The van der Waals surface area contributed by atoms with E-state index < -0.39 is 0 Å². The number of hydrogen-bond acceptors (Lipinski definition) is 2. The van der Waals surface area contributed by atoms with Crippen molar-refractivity contribution in [3.8, 4) is 23.7 Å². The molecule has 0 radical (unpaired) electrons. The number of hydrogen-bond donors (Lipinski definition) is 0. The van der Waals surface area contributed by atoms with E-state index in [0.717, 1.165) is 33.0 Å². The highest BCUT2D eigenvalue weighted by atomic mass is 14.6. The van der Waals surface area contributed by atoms with Gasteiger partial charge < -0.3 is 0 Å². The lowest BCUT2D eigenvalue weighted by molar-refractivity contribution is 1.31. The van der Waals surface area contributed by atoms with Crippen molar-refractivity contribution < 1.29 is 0 Å². The molecule has 2 heteroatoms. The molecule has 0 amide bonds. The molecule has 120 valence electrons. The SMILES string of the molecule is C(#Cc1cccc2cccc(C#Cc3cccnc3)c12)c1cccnc1. The van der Waals surface area contributed by atoms with Crippen LogP contribution in [0.25, 0.3) is 10.8 Å². The second kappa shape index (κ2) is 7.34. The Kier molecular flexibility index (Phi) is 4.42. The van der Waals surface area contributed by atoms with Crippen LogP contribution in [0.15, 0.2) is 85.5 Å². The van der Waals surface area contributed by atoms with Gasteiger partial charge in [0.15, 0.2) is 0 Å². The first-order chi connectivity index (χ1) is 12.9. The highest BCUT2D eigenvalue weighted by molar-refractivity contribution is 5.93. The predicted molar refractivity (Wildman–Crippen MR) is 104 cm³/mol. The summed E-state index contributed by atoms with van der Waals surface area (Å²) in [4.78, 5) is 8.22. The van der Waals surface area contributed by atoms with Gasteiger partial charge in [-0.3, -0.25) is 9.97 Å². The third-order valence-electron chi connectivity index (χ3n) is 3.91. The number of rotatable bonds is 0. The van der Waals surface area contributed by atoms with E-state index in [9.17, 15) is 0 Å². The zero-order valence-electron chi connectivity index (χ0n) is 14.0. The summed E-state index contributed by atoms with van der Waals surface area (Å²) in [6, 6.07) is 19.9. The average Bonchev–Trinajstić information content (AvgIpc) is 2.72. The van der Waals surface area contributed by atoms with Gasteiger partial charge in [0.25, 0.3) is 0 Å². The summed E-state index contributed by atoms with van der Waals surface area (Å²) in [6.07, 6.45) is 7.02. The molecule has 0 spiro atoms. The van der Waals surface area contributed by atoms with Crippen LogP contribution in [0.2, 0.25) is 0 Å². The Balaban J connectivity index is 1.83. The number of aromatic nitrogens is 2. The Labute approximate surface area is 152 Å². The van der Waals surface area contributed by atoms with Crippen LogP contribution in [-0.4, -0.2) is 9.97 Å². The summed E-state index contributed by atoms with van der Waals surface area (Å²) in [5, 5.41) is 2.20. The predicted octanol–water partition coefficient (Wildman–Crippen LogP) is 4.43. The van der Waals surface area contributed by atoms with Crippen LogP contribution in [0.3, 0.4) is 0 Å². The van der Waals surface area contributed by atoms with E-state index in [-0.39, 0.29) is 0 Å². The Morgan fingerprint density at radius 3 is 1.54 bits per heavy atom. The molecule has 26 heavy (non-hydrogen) atoms. The fourth-order valence-corrected chi connectivity index (χ4v) is 2.70. The monoisotopic (exact) mass is 330 g/mol. The molecule has 0 saturated heterocycles. The van der Waals surface area contributed by atoms with Crippen LogP contribution >= 0.6 is 0 Å². The third kappa shape index (κ3) is 3.46. The molecule has 2 aromatic heterocycles. The van der Waals surface area contributed by atoms with Gasteiger partial charge in [0, 0.05) is 52.4 Å². The van der Waals surface area contributed by atoms with Gasteiger partial charge in [0.05, 0.1) is 0 Å². The molecule has 0 bridgehead atoms. The Bertz CT molecular complexity index is 1080. The molecule has 0 aliphatic rings. The molecular formula is C24H14N2. The van der Waals surface area contributed by atoms with Gasteiger partial charge in [0.2, 0.25) is 0 Å². The van der Waals surface area contributed by atoms with Crippen LogP contribution in [-0.2, 0) is 0 Å². The molecule has 0 unspecified atom stereocenters. The van der Waals surface area contributed by atoms with E-state index in [2.05, 4.69) is 45.8 Å². The molecule has 0 N–H and O–H groups in total. The van der Waals surface area contributed by atoms with E-state index in [1.807, 2.05) is 48.5 Å². The largest absolute Gasteiger partial charge is 0.263 e. The average molecular weight is 330 g/mol. The first-order valence-electron chi connectivity index (χ1n) is 8.26. The van der Waals surface area contributed by atoms with Crippen LogP contribution in [0, 0.1) is 23.7 Å². The molecule has 2 aromatic carbocycles. The minimum absolute atomic E-state index is 0.892. The molecule has 4 rings (SSSR count). The number of pyridine rings is 2. The first-order valence-corrected chi connectivity index (χ1v) is 8.26. The zero-order valence-corrected chi connectivity index (χ0v) is 14.0. The first kappa shape index (κ1) is 15.6. The maximum Gasteiger partial charge on any atom is 0.0432 e. The van der Waals surface area contributed by atoms with E-state index in [0.29, 0.717) is 0 Å². The molecular weight excluding hydrogens is 316 g/mol. The van der Waals surface area contributed by atoms with E-state index >= 15 is 0 Å². The maximum atomic E-state index is 4.11. The number of fused-ring (bicyclic) bond motifs is 1. The molecule has 0 fully saturated rings. The van der Waals surface area contributed by atoms with Crippen LogP contribution in [0.1, 0.15) is 22.3 Å². The molecule has 0 saturated carbocycles. The summed E-state index contributed by atoms with van der Waals surface area (Å²) in [5.41, 5.74) is 3.71. The summed E-state index contributed by atoms with van der Waals surface area (Å²) in [7, 11) is 0. The molecule has 2 nitrogen and oxygen atoms in total. The lowest BCUT2D eigenvalue weighted by atomic mass is 9.99. The Hall–Kier alpha value is -3.88. The van der Waals surface area contributed by atoms with Gasteiger partial charge in [-0.05, 0) is 41.8 Å².